The molecule has 0 unspecified atom stereocenters. The third kappa shape index (κ3) is 35.0. The quantitative estimate of drug-likeness (QED) is 0.0362. The van der Waals surface area contributed by atoms with E-state index in [0.29, 0.717) is 39.1 Å². The molecule has 0 spiro atoms. The zero-order chi connectivity index (χ0) is 31.5. The van der Waals surface area contributed by atoms with Gasteiger partial charge in [0.25, 0.3) is 0 Å². The summed E-state index contributed by atoms with van der Waals surface area (Å²) in [5, 5.41) is 0. The van der Waals surface area contributed by atoms with E-state index >= 15 is 0 Å². The van der Waals surface area contributed by atoms with Gasteiger partial charge < -0.3 is 0 Å². The standard InChI is InChI=1S/C36H70O5P.Pb/c1-3-5-7-9-11-13-15-17-19-21-23-25-27-29-31-33-35(37)40-42(39)41-36(38)34-32-30-28-26-24-22-20-18-16-14-12-10-8-6-4-2;/h3-34H2,1-2H3;/q-1;+1. The summed E-state index contributed by atoms with van der Waals surface area (Å²) in [4.78, 5) is 24.3. The van der Waals surface area contributed by atoms with Crippen LogP contribution in [0.4, 0.5) is 0 Å². The maximum absolute atomic E-state index is 12.2. The van der Waals surface area contributed by atoms with Gasteiger partial charge in [-0.15, -0.1) is 0 Å². The van der Waals surface area contributed by atoms with Crippen LogP contribution in [-0.4, -0.2) is 38.2 Å². The molecule has 0 amide bonds. The molecule has 0 N–H and O–H groups in total. The summed E-state index contributed by atoms with van der Waals surface area (Å²) in [6.07, 6.45) is 39.7. The molecule has 43 heavy (non-hydrogen) atoms. The van der Waals surface area contributed by atoms with Gasteiger partial charge in [0.05, 0.1) is 0 Å². The van der Waals surface area contributed by atoms with Crippen LogP contribution in [0.1, 0.15) is 219 Å². The van der Waals surface area contributed by atoms with Gasteiger partial charge in [-0.3, -0.25) is 0 Å². The molecule has 0 atom stereocenters. The monoisotopic (exact) mass is 821 g/mol. The number of carbonyl (C=O) groups excluding carboxylic acids is 2. The predicted octanol–water partition coefficient (Wildman–Crippen LogP) is 12.9. The van der Waals surface area contributed by atoms with Crippen molar-refractivity contribution in [2.45, 2.75) is 219 Å². The summed E-state index contributed by atoms with van der Waals surface area (Å²) in [5.41, 5.74) is 0. The van der Waals surface area contributed by atoms with Crippen molar-refractivity contribution < 1.29 is 21.1 Å². The molecule has 0 aromatic rings. The van der Waals surface area contributed by atoms with Crippen LogP contribution in [0.15, 0.2) is 0 Å². The molecule has 0 bridgehead atoms. The fourth-order valence-corrected chi connectivity index (χ4v) is 7.09. The van der Waals surface area contributed by atoms with Gasteiger partial charge in [-0.2, -0.15) is 0 Å². The van der Waals surface area contributed by atoms with Crippen molar-refractivity contribution in [1.82, 2.24) is 0 Å². The van der Waals surface area contributed by atoms with Gasteiger partial charge in [-0.1, -0.05) is 117 Å². The molecule has 0 saturated heterocycles. The Balaban J connectivity index is 3.50. The Hall–Kier alpha value is 0.252. The molecule has 0 saturated carbocycles. The predicted molar refractivity (Wildman–Crippen MR) is 185 cm³/mol. The van der Waals surface area contributed by atoms with Crippen LogP contribution in [0, 0.1) is 0 Å². The van der Waals surface area contributed by atoms with Crippen LogP contribution in [0.25, 0.3) is 0 Å². The summed E-state index contributed by atoms with van der Waals surface area (Å²) in [7, 11) is -1.86. The molecule has 0 heterocycles. The Kier molecular flexibility index (Phi) is 36.9. The Morgan fingerprint density at radius 3 is 0.814 bits per heavy atom. The molecule has 3 radical (unpaired) electrons. The average molecular weight is 821 g/mol. The molecule has 0 aliphatic carbocycles. The SMILES string of the molecule is CCCCCCCCCCCCCCCCCC(=O)OP([O][Pb])OC(=O)CCCCCCCCCCCCCCCCC. The molecule has 0 aliphatic rings. The number of rotatable bonds is 35. The summed E-state index contributed by atoms with van der Waals surface area (Å²) in [6, 6.07) is 0. The third-order valence-corrected chi connectivity index (χ3v) is 11.0. The molecule has 0 rings (SSSR count). The second-order valence-electron chi connectivity index (χ2n) is 12.6. The number of carbonyl (C=O) groups is 2. The molecule has 5 nitrogen and oxygen atoms in total. The van der Waals surface area contributed by atoms with E-state index in [2.05, 4.69) is 13.8 Å². The zero-order valence-corrected chi connectivity index (χ0v) is 33.4. The van der Waals surface area contributed by atoms with Crippen molar-refractivity contribution in [2.24, 2.45) is 0 Å². The van der Waals surface area contributed by atoms with Crippen molar-refractivity contribution in [3.63, 3.8) is 0 Å². The molecular weight excluding hydrogens is 751 g/mol. The second-order valence-corrected chi connectivity index (χ2v) is 15.8. The molecule has 0 aromatic heterocycles. The number of hydrogen-bond acceptors (Lipinski definition) is 5. The van der Waals surface area contributed by atoms with E-state index in [-0.39, 0.29) is 11.9 Å². The first kappa shape index (κ1) is 43.3. The van der Waals surface area contributed by atoms with Crippen LogP contribution < -0.4 is 0 Å². The van der Waals surface area contributed by atoms with Crippen molar-refractivity contribution in [3.8, 4) is 0 Å². The minimum atomic E-state index is -1.86. The van der Waals surface area contributed by atoms with Gasteiger partial charge in [0, 0.05) is 0 Å². The van der Waals surface area contributed by atoms with Crippen molar-refractivity contribution in [2.75, 3.05) is 0 Å². The van der Waals surface area contributed by atoms with Crippen LogP contribution in [0.3, 0.4) is 0 Å². The van der Waals surface area contributed by atoms with Crippen LogP contribution in [-0.2, 0) is 21.1 Å². The smallest absolute Gasteiger partial charge is 0.0654 e. The number of hydrogen-bond donors (Lipinski definition) is 0. The van der Waals surface area contributed by atoms with Gasteiger partial charge in [-0.25, -0.2) is 0 Å². The van der Waals surface area contributed by atoms with E-state index in [1.807, 2.05) is 0 Å². The van der Waals surface area contributed by atoms with Crippen molar-refractivity contribution in [1.29, 1.82) is 0 Å². The molecule has 0 aromatic carbocycles. The van der Waals surface area contributed by atoms with Crippen LogP contribution in [0.2, 0.25) is 0 Å². The topological polar surface area (TPSA) is 61.8 Å². The Bertz CT molecular complexity index is 544. The second kappa shape index (κ2) is 36.7. The van der Waals surface area contributed by atoms with E-state index in [9.17, 15) is 9.59 Å². The summed E-state index contributed by atoms with van der Waals surface area (Å²) < 4.78 is 15.9. The van der Waals surface area contributed by atoms with E-state index in [1.165, 1.54) is 167 Å². The van der Waals surface area contributed by atoms with Gasteiger partial charge in [0.15, 0.2) is 0 Å². The van der Waals surface area contributed by atoms with Gasteiger partial charge >= 0.3 is 171 Å². The fraction of sp³-hybridized carbons (Fsp3) is 0.944. The Labute approximate surface area is 285 Å². The van der Waals surface area contributed by atoms with E-state index in [0.717, 1.165) is 25.7 Å². The van der Waals surface area contributed by atoms with E-state index in [4.69, 9.17) is 11.5 Å². The molecule has 0 fully saturated rings. The van der Waals surface area contributed by atoms with Gasteiger partial charge in [0.2, 0.25) is 0 Å². The van der Waals surface area contributed by atoms with Gasteiger partial charge in [-0.05, 0) is 0 Å². The van der Waals surface area contributed by atoms with Crippen molar-refractivity contribution in [3.05, 3.63) is 0 Å². The summed E-state index contributed by atoms with van der Waals surface area (Å²) in [6.45, 7) is 4.55. The van der Waals surface area contributed by atoms with Crippen molar-refractivity contribution >= 4 is 46.8 Å². The van der Waals surface area contributed by atoms with E-state index < -0.39 is 8.60 Å². The number of unbranched alkanes of at least 4 members (excludes halogenated alkanes) is 28. The maximum atomic E-state index is 12.2. The zero-order valence-electron chi connectivity index (χ0n) is 28.6. The first-order valence-electron chi connectivity index (χ1n) is 18.7. The summed E-state index contributed by atoms with van der Waals surface area (Å²) >= 11 is 0.371. The molecular formula is C36H70O5PPb. The first-order chi connectivity index (χ1) is 21.1. The fourth-order valence-electron chi connectivity index (χ4n) is 5.59. The molecule has 7 heteroatoms. The molecule has 0 aliphatic heterocycles. The summed E-state index contributed by atoms with van der Waals surface area (Å²) in [5.74, 6) is -0.618. The minimum absolute atomic E-state index is 0.309. The minimum Gasteiger partial charge on any atom is -0.0654 e. The Morgan fingerprint density at radius 2 is 0.605 bits per heavy atom. The third-order valence-electron chi connectivity index (χ3n) is 8.40. The van der Waals surface area contributed by atoms with E-state index in [1.54, 1.807) is 0 Å². The van der Waals surface area contributed by atoms with Crippen LogP contribution >= 0.6 is 8.60 Å². The first-order valence-corrected chi connectivity index (χ1v) is 21.4. The Morgan fingerprint density at radius 1 is 0.395 bits per heavy atom. The molecule has 253 valence electrons. The average Bonchev–Trinajstić information content (AvgIpc) is 3.00. The van der Waals surface area contributed by atoms with Gasteiger partial charge in [0.1, 0.15) is 0 Å². The van der Waals surface area contributed by atoms with Crippen LogP contribution in [0.5, 0.6) is 0 Å². The normalized spacial score (nSPS) is 11.3.